The fraction of sp³-hybridized carbons (Fsp3) is 0.769. The highest BCUT2D eigenvalue weighted by atomic mass is 19.3. The van der Waals surface area contributed by atoms with Crippen LogP contribution in [0.3, 0.4) is 0 Å². The molecule has 18 heavy (non-hydrogen) atoms. The monoisotopic (exact) mass is 257 g/mol. The predicted molar refractivity (Wildman–Crippen MR) is 66.4 cm³/mol. The second-order valence-corrected chi connectivity index (χ2v) is 5.26. The highest BCUT2D eigenvalue weighted by Crippen LogP contribution is 2.40. The minimum atomic E-state index is -2.48. The van der Waals surface area contributed by atoms with Crippen LogP contribution < -0.4 is 5.73 Å². The number of halogens is 2. The van der Waals surface area contributed by atoms with Crippen LogP contribution in [0, 0.1) is 5.92 Å². The van der Waals surface area contributed by atoms with Crippen LogP contribution in [-0.2, 0) is 6.54 Å². The molecule has 1 aromatic heterocycles. The predicted octanol–water partition coefficient (Wildman–Crippen LogP) is 3.12. The van der Waals surface area contributed by atoms with E-state index < -0.39 is 5.92 Å². The van der Waals surface area contributed by atoms with E-state index in [-0.39, 0.29) is 24.8 Å². The van der Waals surface area contributed by atoms with Crippen LogP contribution in [0.15, 0.2) is 12.4 Å². The Morgan fingerprint density at radius 3 is 2.78 bits per heavy atom. The molecule has 2 rings (SSSR count). The second kappa shape index (κ2) is 5.34. The first-order valence-electron chi connectivity index (χ1n) is 6.67. The number of nitrogens with two attached hydrogens (primary N) is 1. The topological polar surface area (TPSA) is 43.8 Å². The van der Waals surface area contributed by atoms with Crippen molar-refractivity contribution in [2.75, 3.05) is 0 Å². The first-order valence-corrected chi connectivity index (χ1v) is 6.67. The Labute approximate surface area is 106 Å². The Morgan fingerprint density at radius 1 is 1.50 bits per heavy atom. The molecule has 0 saturated heterocycles. The SMILES string of the molecule is CCCn1cc(C(N)C2CCC(F)(F)CC2)cn1. The lowest BCUT2D eigenvalue weighted by molar-refractivity contribution is -0.0483. The lowest BCUT2D eigenvalue weighted by atomic mass is 9.81. The first-order chi connectivity index (χ1) is 8.52. The van der Waals surface area contributed by atoms with Crippen molar-refractivity contribution in [3.05, 3.63) is 18.0 Å². The summed E-state index contributed by atoms with van der Waals surface area (Å²) >= 11 is 0. The molecule has 2 N–H and O–H groups in total. The van der Waals surface area contributed by atoms with E-state index in [0.29, 0.717) is 12.8 Å². The Balaban J connectivity index is 1.96. The second-order valence-electron chi connectivity index (χ2n) is 5.26. The summed E-state index contributed by atoms with van der Waals surface area (Å²) in [7, 11) is 0. The van der Waals surface area contributed by atoms with E-state index in [0.717, 1.165) is 18.5 Å². The summed E-state index contributed by atoms with van der Waals surface area (Å²) < 4.78 is 28.0. The van der Waals surface area contributed by atoms with Gasteiger partial charge >= 0.3 is 0 Å². The van der Waals surface area contributed by atoms with Crippen LogP contribution in [0.1, 0.15) is 50.6 Å². The summed E-state index contributed by atoms with van der Waals surface area (Å²) in [5.41, 5.74) is 7.14. The Bertz CT molecular complexity index is 379. The fourth-order valence-corrected chi connectivity index (χ4v) is 2.60. The van der Waals surface area contributed by atoms with Gasteiger partial charge in [0.15, 0.2) is 0 Å². The zero-order chi connectivity index (χ0) is 13.2. The number of hydrogen-bond acceptors (Lipinski definition) is 2. The van der Waals surface area contributed by atoms with Gasteiger partial charge in [-0.2, -0.15) is 5.10 Å². The molecule has 0 aliphatic heterocycles. The van der Waals surface area contributed by atoms with E-state index in [4.69, 9.17) is 5.73 Å². The van der Waals surface area contributed by atoms with Crippen molar-refractivity contribution in [1.82, 2.24) is 9.78 Å². The third kappa shape index (κ3) is 3.07. The summed E-state index contributed by atoms with van der Waals surface area (Å²) in [6.07, 6.45) is 5.68. The van der Waals surface area contributed by atoms with Crippen molar-refractivity contribution in [1.29, 1.82) is 0 Å². The standard InChI is InChI=1S/C13H21F2N3/c1-2-7-18-9-11(8-17-18)12(16)10-3-5-13(14,15)6-4-10/h8-10,12H,2-7,16H2,1H3. The molecule has 1 fully saturated rings. The zero-order valence-electron chi connectivity index (χ0n) is 10.8. The van der Waals surface area contributed by atoms with Crippen molar-refractivity contribution in [3.8, 4) is 0 Å². The summed E-state index contributed by atoms with van der Waals surface area (Å²) in [5, 5.41) is 4.24. The van der Waals surface area contributed by atoms with Gasteiger partial charge < -0.3 is 5.73 Å². The van der Waals surface area contributed by atoms with Crippen molar-refractivity contribution in [3.63, 3.8) is 0 Å². The fourth-order valence-electron chi connectivity index (χ4n) is 2.60. The average Bonchev–Trinajstić information content (AvgIpc) is 2.77. The van der Waals surface area contributed by atoms with Gasteiger partial charge in [-0.15, -0.1) is 0 Å². The number of aromatic nitrogens is 2. The Morgan fingerprint density at radius 2 is 2.17 bits per heavy atom. The molecule has 0 radical (unpaired) electrons. The van der Waals surface area contributed by atoms with Crippen molar-refractivity contribution >= 4 is 0 Å². The van der Waals surface area contributed by atoms with Crippen LogP contribution in [0.4, 0.5) is 8.78 Å². The average molecular weight is 257 g/mol. The van der Waals surface area contributed by atoms with E-state index in [1.54, 1.807) is 6.20 Å². The maximum absolute atomic E-state index is 13.1. The number of alkyl halides is 2. The van der Waals surface area contributed by atoms with E-state index in [1.165, 1.54) is 0 Å². The normalized spacial score (nSPS) is 22.0. The molecule has 3 nitrogen and oxygen atoms in total. The molecule has 1 aliphatic carbocycles. The zero-order valence-corrected chi connectivity index (χ0v) is 10.8. The van der Waals surface area contributed by atoms with Gasteiger partial charge in [0.1, 0.15) is 0 Å². The summed E-state index contributed by atoms with van der Waals surface area (Å²) in [6.45, 7) is 2.96. The van der Waals surface area contributed by atoms with Gasteiger partial charge in [0, 0.05) is 37.2 Å². The summed E-state index contributed by atoms with van der Waals surface area (Å²) in [4.78, 5) is 0. The summed E-state index contributed by atoms with van der Waals surface area (Å²) in [5.74, 6) is -2.33. The van der Waals surface area contributed by atoms with Crippen LogP contribution >= 0.6 is 0 Å². The number of aryl methyl sites for hydroxylation is 1. The van der Waals surface area contributed by atoms with Crippen LogP contribution in [0.5, 0.6) is 0 Å². The number of hydrogen-bond donors (Lipinski definition) is 1. The highest BCUT2D eigenvalue weighted by molar-refractivity contribution is 5.11. The molecule has 0 bridgehead atoms. The molecule has 0 spiro atoms. The largest absolute Gasteiger partial charge is 0.324 e. The maximum Gasteiger partial charge on any atom is 0.248 e. The molecule has 1 aliphatic rings. The molecule has 1 atom stereocenters. The maximum atomic E-state index is 13.1. The van der Waals surface area contributed by atoms with E-state index in [2.05, 4.69) is 12.0 Å². The third-order valence-corrected chi connectivity index (χ3v) is 3.76. The molecule has 1 saturated carbocycles. The first kappa shape index (κ1) is 13.5. The number of rotatable bonds is 4. The Hall–Kier alpha value is -0.970. The molecular formula is C13H21F2N3. The molecular weight excluding hydrogens is 236 g/mol. The lowest BCUT2D eigenvalue weighted by Crippen LogP contribution is -2.30. The van der Waals surface area contributed by atoms with Gasteiger partial charge in [0.05, 0.1) is 6.20 Å². The van der Waals surface area contributed by atoms with E-state index >= 15 is 0 Å². The minimum Gasteiger partial charge on any atom is -0.324 e. The molecule has 102 valence electrons. The van der Waals surface area contributed by atoms with Crippen molar-refractivity contribution < 1.29 is 8.78 Å². The third-order valence-electron chi connectivity index (χ3n) is 3.76. The van der Waals surface area contributed by atoms with Gasteiger partial charge in [-0.1, -0.05) is 6.92 Å². The van der Waals surface area contributed by atoms with Crippen molar-refractivity contribution in [2.45, 2.75) is 57.5 Å². The van der Waals surface area contributed by atoms with E-state index in [9.17, 15) is 8.78 Å². The van der Waals surface area contributed by atoms with Crippen molar-refractivity contribution in [2.24, 2.45) is 11.7 Å². The van der Waals surface area contributed by atoms with Gasteiger partial charge in [-0.3, -0.25) is 4.68 Å². The molecule has 0 amide bonds. The van der Waals surface area contributed by atoms with Gasteiger partial charge in [-0.25, -0.2) is 8.78 Å². The molecule has 1 aromatic rings. The highest BCUT2D eigenvalue weighted by Gasteiger charge is 2.37. The van der Waals surface area contributed by atoms with Gasteiger partial charge in [-0.05, 0) is 25.2 Å². The van der Waals surface area contributed by atoms with Gasteiger partial charge in [0.25, 0.3) is 0 Å². The molecule has 5 heteroatoms. The van der Waals surface area contributed by atoms with Gasteiger partial charge in [0.2, 0.25) is 5.92 Å². The minimum absolute atomic E-state index is 0.0333. The summed E-state index contributed by atoms with van der Waals surface area (Å²) in [6, 6.07) is -0.160. The van der Waals surface area contributed by atoms with E-state index in [1.807, 2.05) is 10.9 Å². The smallest absolute Gasteiger partial charge is 0.248 e. The molecule has 0 aromatic carbocycles. The van der Waals surface area contributed by atoms with Crippen LogP contribution in [0.2, 0.25) is 0 Å². The number of nitrogens with zero attached hydrogens (tertiary/aromatic N) is 2. The molecule has 1 heterocycles. The van der Waals surface area contributed by atoms with Crippen LogP contribution in [-0.4, -0.2) is 15.7 Å². The quantitative estimate of drug-likeness (QED) is 0.900. The Kier molecular flexibility index (Phi) is 4.00. The lowest BCUT2D eigenvalue weighted by Gasteiger charge is -2.31. The molecule has 1 unspecified atom stereocenters. The van der Waals surface area contributed by atoms with Crippen LogP contribution in [0.25, 0.3) is 0 Å².